The molecule has 0 amide bonds. The third-order valence-corrected chi connectivity index (χ3v) is 3.42. The lowest BCUT2D eigenvalue weighted by molar-refractivity contribution is 0.262. The number of aromatic nitrogens is 1. The number of para-hydroxylation sites is 1. The number of rotatable bonds is 3. The number of nitrogens with one attached hydrogen (secondary N) is 1. The van der Waals surface area contributed by atoms with Gasteiger partial charge in [0.05, 0.1) is 24.9 Å². The molecule has 2 aromatic rings. The van der Waals surface area contributed by atoms with Crippen LogP contribution >= 0.6 is 0 Å². The van der Waals surface area contributed by atoms with Crippen molar-refractivity contribution in [3.8, 4) is 5.75 Å². The van der Waals surface area contributed by atoms with E-state index in [4.69, 9.17) is 10.5 Å². The second-order valence-electron chi connectivity index (χ2n) is 4.89. The highest BCUT2D eigenvalue weighted by atomic mass is 16.5. The lowest BCUT2D eigenvalue weighted by Crippen LogP contribution is -2.37. The Bertz CT molecular complexity index is 627. The Morgan fingerprint density at radius 1 is 1.29 bits per heavy atom. The van der Waals surface area contributed by atoms with Gasteiger partial charge in [0.25, 0.3) is 0 Å². The summed E-state index contributed by atoms with van der Waals surface area (Å²) < 4.78 is 5.63. The van der Waals surface area contributed by atoms with E-state index in [0.29, 0.717) is 19.1 Å². The third kappa shape index (κ3) is 3.31. The molecule has 1 atom stereocenters. The molecular weight excluding hydrogens is 264 g/mol. The highest BCUT2D eigenvalue weighted by Crippen LogP contribution is 2.31. The normalized spacial score (nSPS) is 17.7. The zero-order valence-corrected chi connectivity index (χ0v) is 11.7. The van der Waals surface area contributed by atoms with Crippen LogP contribution in [0.5, 0.6) is 5.75 Å². The van der Waals surface area contributed by atoms with Gasteiger partial charge in [0.1, 0.15) is 5.75 Å². The van der Waals surface area contributed by atoms with Crippen LogP contribution < -0.4 is 15.8 Å². The van der Waals surface area contributed by atoms with Crippen LogP contribution in [0.4, 0.5) is 0 Å². The molecule has 0 saturated heterocycles. The van der Waals surface area contributed by atoms with Crippen LogP contribution in [0, 0.1) is 0 Å². The molecule has 0 fully saturated rings. The number of pyridine rings is 1. The predicted molar refractivity (Wildman–Crippen MR) is 82.0 cm³/mol. The molecule has 3 N–H and O–H groups in total. The van der Waals surface area contributed by atoms with Crippen LogP contribution in [0.2, 0.25) is 0 Å². The van der Waals surface area contributed by atoms with E-state index in [0.717, 1.165) is 23.4 Å². The molecule has 2 heterocycles. The average Bonchev–Trinajstić information content (AvgIpc) is 2.54. The molecule has 5 heteroatoms. The number of ether oxygens (including phenoxy) is 1. The average molecular weight is 282 g/mol. The summed E-state index contributed by atoms with van der Waals surface area (Å²) in [6.45, 7) is 1.16. The van der Waals surface area contributed by atoms with Gasteiger partial charge in [-0.05, 0) is 18.2 Å². The van der Waals surface area contributed by atoms with Crippen molar-refractivity contribution in [2.45, 2.75) is 19.0 Å². The van der Waals surface area contributed by atoms with Crippen LogP contribution in [0.25, 0.3) is 0 Å². The number of aliphatic imine (C=N–C) groups is 1. The van der Waals surface area contributed by atoms with Crippen LogP contribution in [0.15, 0.2) is 53.7 Å². The fourth-order valence-electron chi connectivity index (χ4n) is 2.37. The van der Waals surface area contributed by atoms with E-state index in [2.05, 4.69) is 21.4 Å². The van der Waals surface area contributed by atoms with E-state index < -0.39 is 0 Å². The van der Waals surface area contributed by atoms with E-state index in [1.807, 2.05) is 36.4 Å². The van der Waals surface area contributed by atoms with E-state index in [-0.39, 0.29) is 6.04 Å². The maximum atomic E-state index is 5.98. The first kappa shape index (κ1) is 13.4. The molecular formula is C16H18N4O. The van der Waals surface area contributed by atoms with E-state index in [1.165, 1.54) is 0 Å². The largest absolute Gasteiger partial charge is 0.493 e. The van der Waals surface area contributed by atoms with Gasteiger partial charge in [-0.25, -0.2) is 4.99 Å². The van der Waals surface area contributed by atoms with Gasteiger partial charge in [0.15, 0.2) is 5.96 Å². The molecule has 108 valence electrons. The summed E-state index contributed by atoms with van der Waals surface area (Å²) in [7, 11) is 0. The van der Waals surface area contributed by atoms with Gasteiger partial charge in [-0.1, -0.05) is 24.3 Å². The van der Waals surface area contributed by atoms with Crippen molar-refractivity contribution in [1.29, 1.82) is 0 Å². The van der Waals surface area contributed by atoms with Gasteiger partial charge in [-0.3, -0.25) is 4.98 Å². The number of hydrogen-bond acceptors (Lipinski definition) is 3. The van der Waals surface area contributed by atoms with Crippen LogP contribution in [-0.2, 0) is 6.54 Å². The first-order valence-corrected chi connectivity index (χ1v) is 7.01. The summed E-state index contributed by atoms with van der Waals surface area (Å²) in [5.41, 5.74) is 8.00. The molecule has 0 radical (unpaired) electrons. The second kappa shape index (κ2) is 6.26. The Morgan fingerprint density at radius 3 is 3.00 bits per heavy atom. The lowest BCUT2D eigenvalue weighted by Gasteiger charge is -2.26. The fourth-order valence-corrected chi connectivity index (χ4v) is 2.37. The highest BCUT2D eigenvalue weighted by Gasteiger charge is 2.21. The third-order valence-electron chi connectivity index (χ3n) is 3.42. The van der Waals surface area contributed by atoms with Gasteiger partial charge in [-0.2, -0.15) is 0 Å². The number of fused-ring (bicyclic) bond motifs is 1. The van der Waals surface area contributed by atoms with Crippen LogP contribution in [0.3, 0.4) is 0 Å². The first-order valence-electron chi connectivity index (χ1n) is 7.01. The van der Waals surface area contributed by atoms with Crippen molar-refractivity contribution >= 4 is 5.96 Å². The number of nitrogens with two attached hydrogens (primary N) is 1. The summed E-state index contributed by atoms with van der Waals surface area (Å²) in [5, 5.41) is 3.27. The minimum atomic E-state index is 0.141. The molecule has 0 bridgehead atoms. The second-order valence-corrected chi connectivity index (χ2v) is 4.89. The highest BCUT2D eigenvalue weighted by molar-refractivity contribution is 5.78. The smallest absolute Gasteiger partial charge is 0.189 e. The minimum absolute atomic E-state index is 0.141. The quantitative estimate of drug-likeness (QED) is 0.667. The van der Waals surface area contributed by atoms with Gasteiger partial charge < -0.3 is 15.8 Å². The van der Waals surface area contributed by atoms with E-state index in [9.17, 15) is 0 Å². The Labute approximate surface area is 123 Å². The van der Waals surface area contributed by atoms with Crippen molar-refractivity contribution in [1.82, 2.24) is 10.3 Å². The SMILES string of the molecule is NC(=NCc1ccccn1)NC1CCOc2ccccc21. The van der Waals surface area contributed by atoms with Crippen molar-refractivity contribution in [2.75, 3.05) is 6.61 Å². The van der Waals surface area contributed by atoms with Gasteiger partial charge in [-0.15, -0.1) is 0 Å². The van der Waals surface area contributed by atoms with Crippen molar-refractivity contribution < 1.29 is 4.74 Å². The zero-order chi connectivity index (χ0) is 14.5. The molecule has 1 aromatic carbocycles. The van der Waals surface area contributed by atoms with Crippen molar-refractivity contribution in [3.05, 3.63) is 59.9 Å². The summed E-state index contributed by atoms with van der Waals surface area (Å²) in [6.07, 6.45) is 2.63. The number of hydrogen-bond donors (Lipinski definition) is 2. The standard InChI is InChI=1S/C16H18N4O/c17-16(19-11-12-5-3-4-9-18-12)20-14-8-10-21-15-7-2-1-6-13(14)15/h1-7,9,14H,8,10-11H2,(H3,17,19,20). The van der Waals surface area contributed by atoms with Gasteiger partial charge in [0.2, 0.25) is 0 Å². The summed E-state index contributed by atoms with van der Waals surface area (Å²) in [4.78, 5) is 8.56. The molecule has 1 aromatic heterocycles. The number of nitrogens with zero attached hydrogens (tertiary/aromatic N) is 2. The molecule has 3 rings (SSSR count). The lowest BCUT2D eigenvalue weighted by atomic mass is 10.0. The predicted octanol–water partition coefficient (Wildman–Crippen LogP) is 2.01. The Hall–Kier alpha value is -2.56. The van der Waals surface area contributed by atoms with Crippen molar-refractivity contribution in [2.24, 2.45) is 10.7 Å². The molecule has 1 aliphatic rings. The first-order chi connectivity index (χ1) is 10.3. The number of guanidine groups is 1. The van der Waals surface area contributed by atoms with Crippen molar-refractivity contribution in [3.63, 3.8) is 0 Å². The molecule has 0 aliphatic carbocycles. The fraction of sp³-hybridized carbons (Fsp3) is 0.250. The molecule has 1 unspecified atom stereocenters. The Morgan fingerprint density at radius 2 is 2.14 bits per heavy atom. The zero-order valence-electron chi connectivity index (χ0n) is 11.7. The monoisotopic (exact) mass is 282 g/mol. The summed E-state index contributed by atoms with van der Waals surface area (Å²) >= 11 is 0. The van der Waals surface area contributed by atoms with E-state index in [1.54, 1.807) is 6.20 Å². The topological polar surface area (TPSA) is 72.5 Å². The summed E-state index contributed by atoms with van der Waals surface area (Å²) in [5.74, 6) is 1.35. The van der Waals surface area contributed by atoms with Crippen LogP contribution in [0.1, 0.15) is 23.7 Å². The molecule has 21 heavy (non-hydrogen) atoms. The molecule has 1 aliphatic heterocycles. The van der Waals surface area contributed by atoms with E-state index >= 15 is 0 Å². The molecule has 5 nitrogen and oxygen atoms in total. The van der Waals surface area contributed by atoms with Gasteiger partial charge >= 0.3 is 0 Å². The van der Waals surface area contributed by atoms with Gasteiger partial charge in [0, 0.05) is 18.2 Å². The Kier molecular flexibility index (Phi) is 4.00. The molecule has 0 saturated carbocycles. The summed E-state index contributed by atoms with van der Waals surface area (Å²) in [6, 6.07) is 13.9. The maximum Gasteiger partial charge on any atom is 0.189 e. The minimum Gasteiger partial charge on any atom is -0.493 e. The molecule has 0 spiro atoms. The Balaban J connectivity index is 1.67. The maximum absolute atomic E-state index is 5.98. The van der Waals surface area contributed by atoms with Crippen LogP contribution in [-0.4, -0.2) is 17.6 Å². The number of benzene rings is 1.